The van der Waals surface area contributed by atoms with Gasteiger partial charge in [0.05, 0.1) is 28.6 Å². The van der Waals surface area contributed by atoms with Crippen LogP contribution in [0.15, 0.2) is 29.9 Å². The number of pyridine rings is 2. The Balaban J connectivity index is 1.93. The van der Waals surface area contributed by atoms with Gasteiger partial charge in [0.25, 0.3) is 0 Å². The molecule has 0 aliphatic rings. The molecular weight excluding hydrogens is 292 g/mol. The standard InChI is InChI=1S/C17H20N4S/c1-10(2)6-12-7-11(3)15(8-20-12)21-14-4-5-19-17-16(14)13(18)9-22-17/h4-5,7-10H,6,18H2,1-3H3,(H,19,21). The molecule has 3 heterocycles. The number of nitrogen functional groups attached to an aromatic ring is 1. The van der Waals surface area contributed by atoms with Crippen molar-refractivity contribution in [2.45, 2.75) is 27.2 Å². The molecule has 0 aliphatic heterocycles. The Morgan fingerprint density at radius 3 is 2.82 bits per heavy atom. The maximum atomic E-state index is 6.06. The van der Waals surface area contributed by atoms with Gasteiger partial charge < -0.3 is 11.1 Å². The van der Waals surface area contributed by atoms with Crippen LogP contribution in [0.3, 0.4) is 0 Å². The summed E-state index contributed by atoms with van der Waals surface area (Å²) in [6, 6.07) is 4.10. The first-order chi connectivity index (χ1) is 10.5. The molecule has 0 amide bonds. The second-order valence-electron chi connectivity index (χ2n) is 5.94. The van der Waals surface area contributed by atoms with Crippen LogP contribution in [0.2, 0.25) is 0 Å². The van der Waals surface area contributed by atoms with Crippen molar-refractivity contribution in [3.05, 3.63) is 41.2 Å². The number of fused-ring (bicyclic) bond motifs is 1. The van der Waals surface area contributed by atoms with Crippen LogP contribution < -0.4 is 11.1 Å². The molecule has 0 atom stereocenters. The van der Waals surface area contributed by atoms with E-state index in [1.54, 1.807) is 17.5 Å². The molecule has 3 N–H and O–H groups in total. The van der Waals surface area contributed by atoms with Crippen LogP contribution in [0.5, 0.6) is 0 Å². The zero-order chi connectivity index (χ0) is 15.7. The molecule has 0 fully saturated rings. The molecule has 0 unspecified atom stereocenters. The summed E-state index contributed by atoms with van der Waals surface area (Å²) in [5, 5.41) is 6.36. The zero-order valence-electron chi connectivity index (χ0n) is 13.1. The Labute approximate surface area is 134 Å². The summed E-state index contributed by atoms with van der Waals surface area (Å²) in [5.41, 5.74) is 11.1. The van der Waals surface area contributed by atoms with E-state index in [1.807, 2.05) is 17.6 Å². The number of anilines is 3. The van der Waals surface area contributed by atoms with Gasteiger partial charge in [-0.05, 0) is 37.0 Å². The highest BCUT2D eigenvalue weighted by Gasteiger charge is 2.10. The van der Waals surface area contributed by atoms with Crippen LogP contribution in [0.4, 0.5) is 17.1 Å². The summed E-state index contributed by atoms with van der Waals surface area (Å²) >= 11 is 1.56. The van der Waals surface area contributed by atoms with Crippen molar-refractivity contribution >= 4 is 38.6 Å². The van der Waals surface area contributed by atoms with Gasteiger partial charge in [-0.1, -0.05) is 13.8 Å². The molecule has 5 heteroatoms. The number of hydrogen-bond donors (Lipinski definition) is 2. The third-order valence-corrected chi connectivity index (χ3v) is 4.46. The fraction of sp³-hybridized carbons (Fsp3) is 0.294. The number of aromatic nitrogens is 2. The number of aryl methyl sites for hydroxylation is 1. The molecule has 0 bridgehead atoms. The second-order valence-corrected chi connectivity index (χ2v) is 6.80. The van der Waals surface area contributed by atoms with Gasteiger partial charge in [-0.3, -0.25) is 4.98 Å². The molecular formula is C17H20N4S. The number of hydrogen-bond acceptors (Lipinski definition) is 5. The molecule has 3 aromatic heterocycles. The summed E-state index contributed by atoms with van der Waals surface area (Å²) in [6.45, 7) is 6.51. The summed E-state index contributed by atoms with van der Waals surface area (Å²) in [7, 11) is 0. The third-order valence-electron chi connectivity index (χ3n) is 3.56. The second kappa shape index (κ2) is 5.93. The molecule has 22 heavy (non-hydrogen) atoms. The van der Waals surface area contributed by atoms with E-state index in [1.165, 1.54) is 5.56 Å². The Bertz CT molecular complexity index is 808. The molecule has 0 aromatic carbocycles. The van der Waals surface area contributed by atoms with Crippen molar-refractivity contribution in [2.24, 2.45) is 5.92 Å². The zero-order valence-corrected chi connectivity index (χ0v) is 13.9. The van der Waals surface area contributed by atoms with Crippen molar-refractivity contribution < 1.29 is 0 Å². The third kappa shape index (κ3) is 2.90. The number of rotatable bonds is 4. The fourth-order valence-electron chi connectivity index (χ4n) is 2.51. The number of nitrogens with zero attached hydrogens (tertiary/aromatic N) is 2. The summed E-state index contributed by atoms with van der Waals surface area (Å²) in [4.78, 5) is 9.86. The lowest BCUT2D eigenvalue weighted by atomic mass is 10.1. The molecule has 4 nitrogen and oxygen atoms in total. The lowest BCUT2D eigenvalue weighted by Gasteiger charge is -2.12. The quantitative estimate of drug-likeness (QED) is 0.743. The van der Waals surface area contributed by atoms with Crippen molar-refractivity contribution in [2.75, 3.05) is 11.1 Å². The molecule has 0 aliphatic carbocycles. The minimum Gasteiger partial charge on any atom is -0.397 e. The molecule has 0 radical (unpaired) electrons. The van der Waals surface area contributed by atoms with Crippen molar-refractivity contribution in [3.8, 4) is 0 Å². The Morgan fingerprint density at radius 1 is 1.27 bits per heavy atom. The maximum absolute atomic E-state index is 6.06. The highest BCUT2D eigenvalue weighted by molar-refractivity contribution is 7.17. The average molecular weight is 312 g/mol. The largest absolute Gasteiger partial charge is 0.397 e. The van der Waals surface area contributed by atoms with Gasteiger partial charge in [0, 0.05) is 17.3 Å². The molecule has 0 saturated carbocycles. The summed E-state index contributed by atoms with van der Waals surface area (Å²) in [5.74, 6) is 0.608. The van der Waals surface area contributed by atoms with Gasteiger partial charge in [-0.15, -0.1) is 11.3 Å². The predicted octanol–water partition coefficient (Wildman–Crippen LogP) is 4.52. The molecule has 3 rings (SSSR count). The summed E-state index contributed by atoms with van der Waals surface area (Å²) in [6.07, 6.45) is 4.70. The van der Waals surface area contributed by atoms with Crippen LogP contribution in [-0.4, -0.2) is 9.97 Å². The van der Waals surface area contributed by atoms with E-state index in [9.17, 15) is 0 Å². The van der Waals surface area contributed by atoms with Crippen molar-refractivity contribution in [1.29, 1.82) is 0 Å². The van der Waals surface area contributed by atoms with E-state index in [-0.39, 0.29) is 0 Å². The smallest absolute Gasteiger partial charge is 0.127 e. The van der Waals surface area contributed by atoms with Crippen LogP contribution in [0, 0.1) is 12.8 Å². The monoisotopic (exact) mass is 312 g/mol. The highest BCUT2D eigenvalue weighted by Crippen LogP contribution is 2.34. The lowest BCUT2D eigenvalue weighted by Crippen LogP contribution is -2.01. The van der Waals surface area contributed by atoms with Crippen LogP contribution >= 0.6 is 11.3 Å². The van der Waals surface area contributed by atoms with E-state index in [2.05, 4.69) is 42.1 Å². The van der Waals surface area contributed by atoms with E-state index in [0.29, 0.717) is 5.92 Å². The molecule has 114 valence electrons. The van der Waals surface area contributed by atoms with Gasteiger partial charge in [0.1, 0.15) is 4.83 Å². The number of nitrogens with two attached hydrogens (primary N) is 1. The van der Waals surface area contributed by atoms with E-state index in [4.69, 9.17) is 5.73 Å². The van der Waals surface area contributed by atoms with Gasteiger partial charge in [-0.2, -0.15) is 0 Å². The molecule has 0 saturated heterocycles. The minimum absolute atomic E-state index is 0.608. The fourth-order valence-corrected chi connectivity index (χ4v) is 3.34. The molecule has 0 spiro atoms. The number of thiophene rings is 1. The molecule has 3 aromatic rings. The van der Waals surface area contributed by atoms with E-state index in [0.717, 1.165) is 39.4 Å². The predicted molar refractivity (Wildman–Crippen MR) is 94.8 cm³/mol. The van der Waals surface area contributed by atoms with Crippen molar-refractivity contribution in [1.82, 2.24) is 9.97 Å². The average Bonchev–Trinajstić information content (AvgIpc) is 2.84. The van der Waals surface area contributed by atoms with E-state index >= 15 is 0 Å². The highest BCUT2D eigenvalue weighted by atomic mass is 32.1. The SMILES string of the molecule is Cc1cc(CC(C)C)ncc1Nc1ccnc2scc(N)c12. The minimum atomic E-state index is 0.608. The Hall–Kier alpha value is -2.14. The number of nitrogens with one attached hydrogen (secondary N) is 1. The van der Waals surface area contributed by atoms with Gasteiger partial charge in [0.15, 0.2) is 0 Å². The normalized spacial score (nSPS) is 11.3. The van der Waals surface area contributed by atoms with Crippen LogP contribution in [0.1, 0.15) is 25.1 Å². The van der Waals surface area contributed by atoms with Gasteiger partial charge in [0.2, 0.25) is 0 Å². The van der Waals surface area contributed by atoms with Gasteiger partial charge >= 0.3 is 0 Å². The maximum Gasteiger partial charge on any atom is 0.127 e. The van der Waals surface area contributed by atoms with E-state index < -0.39 is 0 Å². The first kappa shape index (κ1) is 14.8. The van der Waals surface area contributed by atoms with Crippen LogP contribution in [-0.2, 0) is 6.42 Å². The Morgan fingerprint density at radius 2 is 2.09 bits per heavy atom. The lowest BCUT2D eigenvalue weighted by molar-refractivity contribution is 0.635. The van der Waals surface area contributed by atoms with Crippen molar-refractivity contribution in [3.63, 3.8) is 0 Å². The topological polar surface area (TPSA) is 63.8 Å². The van der Waals surface area contributed by atoms with Crippen LogP contribution in [0.25, 0.3) is 10.2 Å². The Kier molecular flexibility index (Phi) is 3.98. The first-order valence-electron chi connectivity index (χ1n) is 7.39. The first-order valence-corrected chi connectivity index (χ1v) is 8.26. The summed E-state index contributed by atoms with van der Waals surface area (Å²) < 4.78 is 0. The van der Waals surface area contributed by atoms with Gasteiger partial charge in [-0.25, -0.2) is 4.98 Å².